The molecule has 5 rings (SSSR count). The largest absolute Gasteiger partial charge is 0.496 e. The van der Waals surface area contributed by atoms with Gasteiger partial charge in [0.2, 0.25) is 0 Å². The lowest BCUT2D eigenvalue weighted by atomic mass is 9.85. The highest BCUT2D eigenvalue weighted by Crippen LogP contribution is 2.47. The van der Waals surface area contributed by atoms with Crippen molar-refractivity contribution in [2.24, 2.45) is 0 Å². The molecule has 1 N–H and O–H groups in total. The van der Waals surface area contributed by atoms with Gasteiger partial charge in [-0.2, -0.15) is 13.2 Å². The van der Waals surface area contributed by atoms with Gasteiger partial charge in [-0.1, -0.05) is 30.7 Å². The van der Waals surface area contributed by atoms with Crippen molar-refractivity contribution in [1.82, 2.24) is 14.5 Å². The van der Waals surface area contributed by atoms with E-state index in [0.29, 0.717) is 12.3 Å². The Kier molecular flexibility index (Phi) is 6.23. The molecule has 182 valence electrons. The van der Waals surface area contributed by atoms with Gasteiger partial charge in [0, 0.05) is 29.6 Å². The Bertz CT molecular complexity index is 1330. The molecule has 1 aliphatic rings. The Balaban J connectivity index is 1.45. The topological polar surface area (TPSA) is 60.2 Å². The van der Waals surface area contributed by atoms with Crippen LogP contribution in [0.4, 0.5) is 13.2 Å². The second-order valence-corrected chi connectivity index (χ2v) is 9.01. The fourth-order valence-corrected chi connectivity index (χ4v) is 5.27. The van der Waals surface area contributed by atoms with Crippen molar-refractivity contribution in [3.8, 4) is 5.75 Å². The molecule has 35 heavy (non-hydrogen) atoms. The number of aliphatic hydroxyl groups is 1. The first-order chi connectivity index (χ1) is 16.9. The van der Waals surface area contributed by atoms with E-state index in [1.54, 1.807) is 25.6 Å². The van der Waals surface area contributed by atoms with Crippen LogP contribution in [-0.2, 0) is 19.3 Å². The Morgan fingerprint density at radius 2 is 1.80 bits per heavy atom. The fourth-order valence-electron chi connectivity index (χ4n) is 5.27. The molecule has 0 radical (unpaired) electrons. The molecule has 0 aliphatic heterocycles. The Morgan fingerprint density at radius 3 is 2.51 bits per heavy atom. The van der Waals surface area contributed by atoms with Crippen molar-refractivity contribution >= 4 is 11.0 Å². The predicted molar refractivity (Wildman–Crippen MR) is 126 cm³/mol. The van der Waals surface area contributed by atoms with E-state index in [9.17, 15) is 18.3 Å². The number of fused-ring (bicyclic) bond motifs is 1. The van der Waals surface area contributed by atoms with Crippen LogP contribution >= 0.6 is 0 Å². The molecule has 0 spiro atoms. The van der Waals surface area contributed by atoms with Gasteiger partial charge in [0.1, 0.15) is 17.7 Å². The molecule has 0 saturated heterocycles. The lowest BCUT2D eigenvalue weighted by molar-refractivity contribution is -0.137. The first-order valence-electron chi connectivity index (χ1n) is 11.6. The van der Waals surface area contributed by atoms with Gasteiger partial charge in [-0.15, -0.1) is 0 Å². The minimum atomic E-state index is -4.34. The molecule has 1 saturated carbocycles. The van der Waals surface area contributed by atoms with Gasteiger partial charge in [0.15, 0.2) is 0 Å². The van der Waals surface area contributed by atoms with Crippen LogP contribution in [0.25, 0.3) is 11.0 Å². The van der Waals surface area contributed by atoms with E-state index in [4.69, 9.17) is 4.74 Å². The summed E-state index contributed by atoms with van der Waals surface area (Å²) in [5.74, 6) is 0.883. The van der Waals surface area contributed by atoms with E-state index in [1.165, 1.54) is 12.1 Å². The van der Waals surface area contributed by atoms with Crippen molar-refractivity contribution in [2.75, 3.05) is 7.11 Å². The minimum Gasteiger partial charge on any atom is -0.496 e. The van der Waals surface area contributed by atoms with Gasteiger partial charge >= 0.3 is 6.18 Å². The van der Waals surface area contributed by atoms with Crippen LogP contribution in [0.1, 0.15) is 59.0 Å². The zero-order chi connectivity index (χ0) is 24.6. The molecular weight excluding hydrogens is 455 g/mol. The number of alkyl halides is 3. The van der Waals surface area contributed by atoms with Gasteiger partial charge in [0.25, 0.3) is 0 Å². The molecule has 2 heterocycles. The number of rotatable bonds is 6. The predicted octanol–water partition coefficient (Wildman–Crippen LogP) is 6.05. The second-order valence-electron chi connectivity index (χ2n) is 9.01. The van der Waals surface area contributed by atoms with Gasteiger partial charge < -0.3 is 14.4 Å². The summed E-state index contributed by atoms with van der Waals surface area (Å²) in [4.78, 5) is 9.18. The number of halogens is 3. The normalized spacial score (nSPS) is 18.3. The highest BCUT2D eigenvalue weighted by Gasteiger charge is 2.34. The second kappa shape index (κ2) is 9.34. The molecule has 5 nitrogen and oxygen atoms in total. The van der Waals surface area contributed by atoms with Crippen molar-refractivity contribution in [3.05, 3.63) is 89.0 Å². The van der Waals surface area contributed by atoms with Crippen LogP contribution in [-0.4, -0.2) is 26.8 Å². The molecule has 2 atom stereocenters. The maximum atomic E-state index is 13.0. The van der Waals surface area contributed by atoms with Crippen molar-refractivity contribution in [3.63, 3.8) is 0 Å². The maximum absolute atomic E-state index is 13.0. The van der Waals surface area contributed by atoms with Crippen LogP contribution in [0.3, 0.4) is 0 Å². The molecule has 2 aromatic heterocycles. The van der Waals surface area contributed by atoms with E-state index in [2.05, 4.69) is 14.5 Å². The van der Waals surface area contributed by atoms with Crippen LogP contribution < -0.4 is 4.74 Å². The summed E-state index contributed by atoms with van der Waals surface area (Å²) in [5, 5.41) is 10.4. The molecule has 1 fully saturated rings. The zero-order valence-electron chi connectivity index (χ0n) is 19.3. The maximum Gasteiger partial charge on any atom is 0.416 e. The van der Waals surface area contributed by atoms with Crippen LogP contribution in [0.2, 0.25) is 0 Å². The van der Waals surface area contributed by atoms with Crippen molar-refractivity contribution < 1.29 is 23.0 Å². The average Bonchev–Trinajstić information content (AvgIpc) is 3.51. The minimum absolute atomic E-state index is 0.0893. The first-order valence-corrected chi connectivity index (χ1v) is 11.6. The summed E-state index contributed by atoms with van der Waals surface area (Å²) in [6.45, 7) is 0.489. The Labute approximate surface area is 201 Å². The summed E-state index contributed by atoms with van der Waals surface area (Å²) >= 11 is 0. The molecular formula is C27H26F3N3O2. The quantitative estimate of drug-likeness (QED) is 0.364. The summed E-state index contributed by atoms with van der Waals surface area (Å²) in [5.41, 5.74) is 3.81. The van der Waals surface area contributed by atoms with Crippen molar-refractivity contribution in [2.45, 2.75) is 50.4 Å². The lowest BCUT2D eigenvalue weighted by Gasteiger charge is -2.21. The molecule has 0 amide bonds. The summed E-state index contributed by atoms with van der Waals surface area (Å²) in [7, 11) is 1.58. The van der Waals surface area contributed by atoms with Crippen LogP contribution in [0.15, 0.2) is 61.1 Å². The average molecular weight is 482 g/mol. The molecule has 2 aromatic carbocycles. The van der Waals surface area contributed by atoms with E-state index >= 15 is 0 Å². The monoisotopic (exact) mass is 481 g/mol. The highest BCUT2D eigenvalue weighted by atomic mass is 19.4. The van der Waals surface area contributed by atoms with Gasteiger partial charge in [-0.05, 0) is 54.2 Å². The number of hydrogen-bond acceptors (Lipinski definition) is 4. The standard InChI is InChI=1S/C27H26F3N3O2/c1-35-24-13-17(5-6-19(24)15-34)14-33-12-11-23-25(31-16-32-26(23)33)22-4-2-3-21(22)18-7-9-20(10-8-18)27(28,29)30/h5-13,16,21-22,34H,2-4,14-15H2,1H3. The molecule has 8 heteroatoms. The number of methoxy groups -OCH3 is 1. The molecule has 4 aromatic rings. The molecule has 1 aliphatic carbocycles. The number of aliphatic hydroxyl groups excluding tert-OH is 1. The summed E-state index contributed by atoms with van der Waals surface area (Å²) in [6.07, 6.45) is 2.07. The zero-order valence-corrected chi connectivity index (χ0v) is 19.3. The van der Waals surface area contributed by atoms with Gasteiger partial charge in [0.05, 0.1) is 25.0 Å². The molecule has 0 bridgehead atoms. The Morgan fingerprint density at radius 1 is 1.03 bits per heavy atom. The van der Waals surface area contributed by atoms with Crippen molar-refractivity contribution in [1.29, 1.82) is 0 Å². The van der Waals surface area contributed by atoms with Gasteiger partial charge in [-0.25, -0.2) is 9.97 Å². The SMILES string of the molecule is COc1cc(Cn2ccc3c(C4CCCC4c4ccc(C(F)(F)F)cc4)ncnc32)ccc1CO. The summed E-state index contributed by atoms with van der Waals surface area (Å²) in [6, 6.07) is 13.3. The number of ether oxygens (including phenoxy) is 1. The number of benzene rings is 2. The number of nitrogens with zero attached hydrogens (tertiary/aromatic N) is 3. The van der Waals surface area contributed by atoms with Crippen LogP contribution in [0, 0.1) is 0 Å². The van der Waals surface area contributed by atoms with Gasteiger partial charge in [-0.3, -0.25) is 0 Å². The fraction of sp³-hybridized carbons (Fsp3) is 0.333. The Hall–Kier alpha value is -3.39. The number of aromatic nitrogens is 3. The van der Waals surface area contributed by atoms with Crippen LogP contribution in [0.5, 0.6) is 5.75 Å². The third-order valence-corrected chi connectivity index (χ3v) is 6.99. The third-order valence-electron chi connectivity index (χ3n) is 6.99. The molecule has 2 unspecified atom stereocenters. The smallest absolute Gasteiger partial charge is 0.416 e. The number of hydrogen-bond donors (Lipinski definition) is 1. The highest BCUT2D eigenvalue weighted by molar-refractivity contribution is 5.79. The van der Waals surface area contributed by atoms with E-state index in [0.717, 1.165) is 52.7 Å². The third kappa shape index (κ3) is 4.50. The first kappa shape index (κ1) is 23.4. The van der Waals surface area contributed by atoms with E-state index < -0.39 is 11.7 Å². The van der Waals surface area contributed by atoms with E-state index in [-0.39, 0.29) is 18.4 Å². The van der Waals surface area contributed by atoms with E-state index in [1.807, 2.05) is 30.5 Å². The summed E-state index contributed by atoms with van der Waals surface area (Å²) < 4.78 is 46.5. The lowest BCUT2D eigenvalue weighted by Crippen LogP contribution is -2.09.